The standard InChI is InChI=1S/C17H23ClN2O.ClH/c18-14-7-5-13(6-8-14)17(9-1-2-10-17)12-20-16(21)15-4-3-11-19-15;/h5-8,15,19H,1-4,9-12H2,(H,20,21);1H. The van der Waals surface area contributed by atoms with Gasteiger partial charge in [0, 0.05) is 17.0 Å². The van der Waals surface area contributed by atoms with Gasteiger partial charge in [-0.25, -0.2) is 0 Å². The molecule has 2 fully saturated rings. The van der Waals surface area contributed by atoms with Gasteiger partial charge in [-0.3, -0.25) is 4.79 Å². The Morgan fingerprint density at radius 3 is 2.50 bits per heavy atom. The van der Waals surface area contributed by atoms with Gasteiger partial charge in [0.25, 0.3) is 0 Å². The molecule has 1 atom stereocenters. The fourth-order valence-corrected chi connectivity index (χ4v) is 3.84. The molecule has 22 heavy (non-hydrogen) atoms. The number of halogens is 2. The van der Waals surface area contributed by atoms with Gasteiger partial charge >= 0.3 is 0 Å². The first kappa shape index (κ1) is 17.6. The highest BCUT2D eigenvalue weighted by molar-refractivity contribution is 6.30. The van der Waals surface area contributed by atoms with E-state index in [0.717, 1.165) is 43.8 Å². The van der Waals surface area contributed by atoms with E-state index in [2.05, 4.69) is 22.8 Å². The molecule has 2 aliphatic rings. The third-order valence-electron chi connectivity index (χ3n) is 5.00. The van der Waals surface area contributed by atoms with Crippen LogP contribution in [0.1, 0.15) is 44.1 Å². The van der Waals surface area contributed by atoms with Crippen molar-refractivity contribution in [3.8, 4) is 0 Å². The summed E-state index contributed by atoms with van der Waals surface area (Å²) in [5, 5.41) is 7.22. The van der Waals surface area contributed by atoms with Crippen molar-refractivity contribution in [2.24, 2.45) is 0 Å². The Morgan fingerprint density at radius 2 is 1.91 bits per heavy atom. The van der Waals surface area contributed by atoms with Crippen molar-refractivity contribution >= 4 is 29.9 Å². The maximum absolute atomic E-state index is 12.2. The largest absolute Gasteiger partial charge is 0.354 e. The molecule has 1 aliphatic heterocycles. The Hall–Kier alpha value is -0.770. The lowest BCUT2D eigenvalue weighted by molar-refractivity contribution is -0.123. The van der Waals surface area contributed by atoms with Crippen LogP contribution in [0.3, 0.4) is 0 Å². The quantitative estimate of drug-likeness (QED) is 0.879. The van der Waals surface area contributed by atoms with Crippen LogP contribution in [-0.4, -0.2) is 25.0 Å². The van der Waals surface area contributed by atoms with E-state index in [1.807, 2.05) is 12.1 Å². The van der Waals surface area contributed by atoms with E-state index in [-0.39, 0.29) is 29.8 Å². The lowest BCUT2D eigenvalue weighted by Gasteiger charge is -2.30. The van der Waals surface area contributed by atoms with Gasteiger partial charge in [-0.1, -0.05) is 36.6 Å². The zero-order chi connectivity index (χ0) is 14.7. The summed E-state index contributed by atoms with van der Waals surface area (Å²) < 4.78 is 0. The molecule has 1 aromatic rings. The second kappa shape index (κ2) is 7.67. The molecule has 0 bridgehead atoms. The van der Waals surface area contributed by atoms with E-state index in [9.17, 15) is 4.79 Å². The van der Waals surface area contributed by atoms with Crippen molar-refractivity contribution in [2.75, 3.05) is 13.1 Å². The Balaban J connectivity index is 0.00000176. The average Bonchev–Trinajstić information content (AvgIpc) is 3.18. The van der Waals surface area contributed by atoms with Gasteiger partial charge in [-0.05, 0) is 49.9 Å². The fourth-order valence-electron chi connectivity index (χ4n) is 3.71. The molecule has 0 spiro atoms. The summed E-state index contributed by atoms with van der Waals surface area (Å²) >= 11 is 6.00. The molecule has 2 N–H and O–H groups in total. The van der Waals surface area contributed by atoms with E-state index in [1.54, 1.807) is 0 Å². The van der Waals surface area contributed by atoms with Crippen molar-refractivity contribution < 1.29 is 4.79 Å². The van der Waals surface area contributed by atoms with Crippen molar-refractivity contribution in [2.45, 2.75) is 50.0 Å². The van der Waals surface area contributed by atoms with E-state index >= 15 is 0 Å². The number of carbonyl (C=O) groups is 1. The number of amides is 1. The predicted octanol–water partition coefficient (Wildman–Crippen LogP) is 3.44. The molecule has 1 unspecified atom stereocenters. The van der Waals surface area contributed by atoms with Crippen LogP contribution in [0.2, 0.25) is 5.02 Å². The highest BCUT2D eigenvalue weighted by atomic mass is 35.5. The van der Waals surface area contributed by atoms with Gasteiger partial charge in [-0.2, -0.15) is 0 Å². The minimum Gasteiger partial charge on any atom is -0.354 e. The molecule has 5 heteroatoms. The van der Waals surface area contributed by atoms with Crippen LogP contribution in [0, 0.1) is 0 Å². The third kappa shape index (κ3) is 3.76. The first-order valence-corrected chi connectivity index (χ1v) is 8.35. The average molecular weight is 343 g/mol. The van der Waals surface area contributed by atoms with Gasteiger partial charge in [0.05, 0.1) is 6.04 Å². The summed E-state index contributed by atoms with van der Waals surface area (Å²) in [5.74, 6) is 0.160. The molecule has 3 nitrogen and oxygen atoms in total. The predicted molar refractivity (Wildman–Crippen MR) is 92.9 cm³/mol. The zero-order valence-corrected chi connectivity index (χ0v) is 14.3. The summed E-state index contributed by atoms with van der Waals surface area (Å²) in [5.41, 5.74) is 1.41. The number of nitrogens with one attached hydrogen (secondary N) is 2. The maximum Gasteiger partial charge on any atom is 0.237 e. The molecule has 1 saturated heterocycles. The number of hydrogen-bond donors (Lipinski definition) is 2. The summed E-state index contributed by atoms with van der Waals surface area (Å²) in [6.45, 7) is 1.70. The lowest BCUT2D eigenvalue weighted by Crippen LogP contribution is -2.46. The maximum atomic E-state index is 12.2. The molecule has 1 aromatic carbocycles. The summed E-state index contributed by atoms with van der Waals surface area (Å²) in [7, 11) is 0. The summed E-state index contributed by atoms with van der Waals surface area (Å²) in [4.78, 5) is 12.2. The van der Waals surface area contributed by atoms with E-state index in [0.29, 0.717) is 0 Å². The van der Waals surface area contributed by atoms with Gasteiger partial charge in [0.15, 0.2) is 0 Å². The van der Waals surface area contributed by atoms with Crippen molar-refractivity contribution in [1.29, 1.82) is 0 Å². The van der Waals surface area contributed by atoms with Gasteiger partial charge < -0.3 is 10.6 Å². The molecule has 1 amide bonds. The Kier molecular flexibility index (Phi) is 6.13. The molecule has 122 valence electrons. The van der Waals surface area contributed by atoms with E-state index in [1.165, 1.54) is 18.4 Å². The van der Waals surface area contributed by atoms with Crippen molar-refractivity contribution in [1.82, 2.24) is 10.6 Å². The first-order valence-electron chi connectivity index (χ1n) is 7.97. The molecule has 1 saturated carbocycles. The summed E-state index contributed by atoms with van der Waals surface area (Å²) in [6, 6.07) is 8.16. The minimum absolute atomic E-state index is 0. The topological polar surface area (TPSA) is 41.1 Å². The fraction of sp³-hybridized carbons (Fsp3) is 0.588. The molecule has 0 radical (unpaired) electrons. The zero-order valence-electron chi connectivity index (χ0n) is 12.7. The number of rotatable bonds is 4. The van der Waals surface area contributed by atoms with Crippen LogP contribution in [0.5, 0.6) is 0 Å². The first-order chi connectivity index (χ1) is 10.2. The van der Waals surface area contributed by atoms with Crippen LogP contribution < -0.4 is 10.6 Å². The van der Waals surface area contributed by atoms with Crippen LogP contribution in [0.25, 0.3) is 0 Å². The van der Waals surface area contributed by atoms with Crippen molar-refractivity contribution in [3.63, 3.8) is 0 Å². The second-order valence-electron chi connectivity index (χ2n) is 6.36. The van der Waals surface area contributed by atoms with Crippen LogP contribution in [0.15, 0.2) is 24.3 Å². The van der Waals surface area contributed by atoms with Crippen molar-refractivity contribution in [3.05, 3.63) is 34.9 Å². The second-order valence-corrected chi connectivity index (χ2v) is 6.80. The lowest BCUT2D eigenvalue weighted by atomic mass is 9.79. The van der Waals surface area contributed by atoms with Gasteiger partial charge in [-0.15, -0.1) is 12.4 Å². The minimum atomic E-state index is 0. The van der Waals surface area contributed by atoms with Crippen LogP contribution in [0.4, 0.5) is 0 Å². The third-order valence-corrected chi connectivity index (χ3v) is 5.25. The highest BCUT2D eigenvalue weighted by Gasteiger charge is 2.36. The normalized spacial score (nSPS) is 23.0. The monoisotopic (exact) mass is 342 g/mol. The van der Waals surface area contributed by atoms with Gasteiger partial charge in [0.1, 0.15) is 0 Å². The number of hydrogen-bond acceptors (Lipinski definition) is 2. The summed E-state index contributed by atoms with van der Waals surface area (Å²) in [6.07, 6.45) is 6.82. The van der Waals surface area contributed by atoms with Gasteiger partial charge in [0.2, 0.25) is 5.91 Å². The Labute approximate surface area is 143 Å². The molecule has 1 aliphatic carbocycles. The molecular formula is C17H24Cl2N2O. The molecule has 0 aromatic heterocycles. The number of benzene rings is 1. The van der Waals surface area contributed by atoms with Crippen LogP contribution in [-0.2, 0) is 10.2 Å². The van der Waals surface area contributed by atoms with Crippen LogP contribution >= 0.6 is 24.0 Å². The Morgan fingerprint density at radius 1 is 1.23 bits per heavy atom. The van der Waals surface area contributed by atoms with E-state index < -0.39 is 0 Å². The smallest absolute Gasteiger partial charge is 0.237 e. The number of carbonyl (C=O) groups excluding carboxylic acids is 1. The molecule has 1 heterocycles. The SMILES string of the molecule is Cl.O=C(NCC1(c2ccc(Cl)cc2)CCCC1)C1CCCN1. The Bertz CT molecular complexity index is 492. The highest BCUT2D eigenvalue weighted by Crippen LogP contribution is 2.40. The molecule has 3 rings (SSSR count). The van der Waals surface area contributed by atoms with E-state index in [4.69, 9.17) is 11.6 Å². The molecular weight excluding hydrogens is 319 g/mol.